The Morgan fingerprint density at radius 3 is 2.50 bits per heavy atom. The zero-order valence-corrected chi connectivity index (χ0v) is 19.1. The summed E-state index contributed by atoms with van der Waals surface area (Å²) < 4.78 is 69.7. The van der Waals surface area contributed by atoms with Gasteiger partial charge in [0.1, 0.15) is 12.4 Å². The van der Waals surface area contributed by atoms with Gasteiger partial charge in [0.25, 0.3) is 0 Å². The second-order valence-electron chi connectivity index (χ2n) is 7.07. The molecule has 2 aromatic carbocycles. The first-order chi connectivity index (χ1) is 14.9. The number of nitrogens with one attached hydrogen (secondary N) is 1. The Balaban J connectivity index is 1.91. The van der Waals surface area contributed by atoms with Gasteiger partial charge >= 0.3 is 6.18 Å². The van der Waals surface area contributed by atoms with Crippen LogP contribution in [0.5, 0.6) is 5.75 Å². The third-order valence-corrected chi connectivity index (χ3v) is 5.98. The van der Waals surface area contributed by atoms with E-state index in [1.165, 1.54) is 0 Å². The molecule has 0 aromatic heterocycles. The van der Waals surface area contributed by atoms with Crippen LogP contribution in [0.3, 0.4) is 0 Å². The number of carbonyl (C=O) groups is 1. The lowest BCUT2D eigenvalue weighted by molar-refractivity contribution is -0.137. The van der Waals surface area contributed by atoms with E-state index >= 15 is 0 Å². The molecule has 0 saturated carbocycles. The number of hydrogen-bond acceptors (Lipinski definition) is 4. The summed E-state index contributed by atoms with van der Waals surface area (Å²) in [5.41, 5.74) is -0.332. The Morgan fingerprint density at radius 1 is 1.19 bits per heavy atom. The molecule has 0 fully saturated rings. The molecule has 2 aromatic rings. The minimum atomic E-state index is -4.65. The summed E-state index contributed by atoms with van der Waals surface area (Å²) in [5.74, 6) is 0.380. The van der Waals surface area contributed by atoms with Crippen molar-refractivity contribution in [3.63, 3.8) is 0 Å². The minimum Gasteiger partial charge on any atom is -0.491 e. The van der Waals surface area contributed by atoms with Crippen molar-refractivity contribution < 1.29 is 31.1 Å². The highest BCUT2D eigenvalue weighted by atomic mass is 35.5. The van der Waals surface area contributed by atoms with E-state index in [0.717, 1.165) is 28.3 Å². The van der Waals surface area contributed by atoms with E-state index in [1.54, 1.807) is 0 Å². The van der Waals surface area contributed by atoms with Gasteiger partial charge in [0.15, 0.2) is 0 Å². The summed E-state index contributed by atoms with van der Waals surface area (Å²) in [5, 5.41) is 2.52. The quantitative estimate of drug-likeness (QED) is 0.498. The van der Waals surface area contributed by atoms with Crippen LogP contribution in [0.25, 0.3) is 0 Å². The van der Waals surface area contributed by atoms with Crippen LogP contribution < -0.4 is 14.4 Å². The van der Waals surface area contributed by atoms with E-state index in [2.05, 4.69) is 5.32 Å². The molecule has 1 N–H and O–H groups in total. The van der Waals surface area contributed by atoms with Crippen LogP contribution >= 0.6 is 11.6 Å². The fourth-order valence-corrected chi connectivity index (χ4v) is 4.13. The molecular formula is C21H24ClF3N2O4S. The lowest BCUT2D eigenvalue weighted by Crippen LogP contribution is -2.33. The normalized spacial score (nSPS) is 11.8. The Morgan fingerprint density at radius 2 is 1.88 bits per heavy atom. The highest BCUT2D eigenvalue weighted by Gasteiger charge is 2.32. The summed E-state index contributed by atoms with van der Waals surface area (Å²) in [6.45, 7) is 2.21. The summed E-state index contributed by atoms with van der Waals surface area (Å²) in [4.78, 5) is 12.0. The molecule has 0 saturated heterocycles. The Kier molecular flexibility index (Phi) is 8.80. The number of alkyl halides is 3. The highest BCUT2D eigenvalue weighted by molar-refractivity contribution is 7.92. The van der Waals surface area contributed by atoms with Crippen LogP contribution in [0.4, 0.5) is 18.9 Å². The first kappa shape index (κ1) is 25.8. The molecule has 0 spiro atoms. The third kappa shape index (κ3) is 7.59. The van der Waals surface area contributed by atoms with Gasteiger partial charge in [-0.15, -0.1) is 0 Å². The maximum atomic E-state index is 13.0. The zero-order valence-electron chi connectivity index (χ0n) is 17.6. The van der Waals surface area contributed by atoms with Crippen LogP contribution in [0, 0.1) is 6.92 Å². The van der Waals surface area contributed by atoms with Crippen molar-refractivity contribution in [3.8, 4) is 5.75 Å². The summed E-state index contributed by atoms with van der Waals surface area (Å²) in [6, 6.07) is 9.90. The van der Waals surface area contributed by atoms with Gasteiger partial charge in [0, 0.05) is 13.0 Å². The molecule has 11 heteroatoms. The topological polar surface area (TPSA) is 75.7 Å². The average Bonchev–Trinajstić information content (AvgIpc) is 2.69. The minimum absolute atomic E-state index is 0.0209. The number of anilines is 1. The first-order valence-electron chi connectivity index (χ1n) is 9.69. The summed E-state index contributed by atoms with van der Waals surface area (Å²) in [6.07, 6.45) is -3.72. The number of hydrogen-bond donors (Lipinski definition) is 1. The number of amides is 1. The van der Waals surface area contributed by atoms with E-state index in [9.17, 15) is 26.4 Å². The van der Waals surface area contributed by atoms with Gasteiger partial charge in [0.05, 0.1) is 29.1 Å². The monoisotopic (exact) mass is 492 g/mol. The number of halogens is 4. The molecule has 0 heterocycles. The predicted molar refractivity (Wildman–Crippen MR) is 118 cm³/mol. The van der Waals surface area contributed by atoms with Gasteiger partial charge in [0.2, 0.25) is 15.9 Å². The number of sulfonamides is 1. The Labute approximate surface area is 190 Å². The van der Waals surface area contributed by atoms with Crippen molar-refractivity contribution in [2.45, 2.75) is 25.9 Å². The average molecular weight is 493 g/mol. The van der Waals surface area contributed by atoms with Gasteiger partial charge < -0.3 is 10.1 Å². The zero-order chi connectivity index (χ0) is 23.9. The predicted octanol–water partition coefficient (Wildman–Crippen LogP) is 4.41. The maximum absolute atomic E-state index is 13.0. The molecule has 1 amide bonds. The lowest BCUT2D eigenvalue weighted by Gasteiger charge is -2.24. The molecule has 0 aliphatic carbocycles. The van der Waals surface area contributed by atoms with Gasteiger partial charge in [-0.3, -0.25) is 9.10 Å². The van der Waals surface area contributed by atoms with Crippen molar-refractivity contribution in [2.24, 2.45) is 0 Å². The van der Waals surface area contributed by atoms with Crippen molar-refractivity contribution in [3.05, 3.63) is 58.6 Å². The lowest BCUT2D eigenvalue weighted by atomic mass is 10.2. The maximum Gasteiger partial charge on any atom is 0.416 e. The first-order valence-corrected chi connectivity index (χ1v) is 11.9. The van der Waals surface area contributed by atoms with Gasteiger partial charge in [-0.1, -0.05) is 29.8 Å². The summed E-state index contributed by atoms with van der Waals surface area (Å²) in [7, 11) is -3.93. The van der Waals surface area contributed by atoms with Crippen molar-refractivity contribution >= 4 is 33.2 Å². The number of aryl methyl sites for hydroxylation is 1. The molecule has 0 atom stereocenters. The Bertz CT molecular complexity index is 1050. The number of carbonyl (C=O) groups excluding carboxylic acids is 1. The van der Waals surface area contributed by atoms with Crippen molar-refractivity contribution in [1.29, 1.82) is 0 Å². The highest BCUT2D eigenvalue weighted by Crippen LogP contribution is 2.36. The molecule has 6 nitrogen and oxygen atoms in total. The fourth-order valence-electron chi connectivity index (χ4n) is 2.89. The SMILES string of the molecule is Cc1ccccc1OCCNC(=O)CCCN(c1cc(C(F)(F)F)ccc1Cl)S(C)(=O)=O. The number of benzene rings is 2. The molecular weight excluding hydrogens is 469 g/mol. The molecule has 0 aliphatic heterocycles. The van der Waals surface area contributed by atoms with Crippen LogP contribution in [0.1, 0.15) is 24.0 Å². The molecule has 0 radical (unpaired) electrons. The molecule has 2 rings (SSSR count). The molecule has 32 heavy (non-hydrogen) atoms. The van der Waals surface area contributed by atoms with E-state index < -0.39 is 21.8 Å². The third-order valence-electron chi connectivity index (χ3n) is 4.48. The number of ether oxygens (including phenoxy) is 1. The molecule has 0 bridgehead atoms. The van der Waals surface area contributed by atoms with E-state index in [-0.39, 0.29) is 49.2 Å². The molecule has 176 valence electrons. The number of nitrogens with zero attached hydrogens (tertiary/aromatic N) is 1. The van der Waals surface area contributed by atoms with Gasteiger partial charge in [-0.2, -0.15) is 13.2 Å². The van der Waals surface area contributed by atoms with Gasteiger partial charge in [-0.25, -0.2) is 8.42 Å². The second-order valence-corrected chi connectivity index (χ2v) is 9.38. The van der Waals surface area contributed by atoms with Crippen LogP contribution in [0.15, 0.2) is 42.5 Å². The Hall–Kier alpha value is -2.46. The second kappa shape index (κ2) is 10.9. The number of para-hydroxylation sites is 1. The van der Waals surface area contributed by atoms with Crippen LogP contribution in [0.2, 0.25) is 5.02 Å². The van der Waals surface area contributed by atoms with E-state index in [1.807, 2.05) is 31.2 Å². The largest absolute Gasteiger partial charge is 0.491 e. The van der Waals surface area contributed by atoms with Crippen molar-refractivity contribution in [1.82, 2.24) is 5.32 Å². The number of rotatable bonds is 10. The smallest absolute Gasteiger partial charge is 0.416 e. The van der Waals surface area contributed by atoms with Gasteiger partial charge in [-0.05, 0) is 43.2 Å². The van der Waals surface area contributed by atoms with Crippen LogP contribution in [-0.2, 0) is 21.0 Å². The summed E-state index contributed by atoms with van der Waals surface area (Å²) >= 11 is 5.97. The standard InChI is InChI=1S/C21H24ClF3N2O4S/c1-15-6-3-4-7-19(15)31-13-11-26-20(28)8-5-12-27(32(2,29)30)18-14-16(21(23,24)25)9-10-17(18)22/h3-4,6-7,9-10,14H,5,8,11-13H2,1-2H3,(H,26,28). The molecule has 0 unspecified atom stereocenters. The van der Waals surface area contributed by atoms with E-state index in [4.69, 9.17) is 16.3 Å². The fraction of sp³-hybridized carbons (Fsp3) is 0.381. The van der Waals surface area contributed by atoms with Crippen molar-refractivity contribution in [2.75, 3.05) is 30.3 Å². The van der Waals surface area contributed by atoms with E-state index in [0.29, 0.717) is 11.8 Å². The van der Waals surface area contributed by atoms with Crippen LogP contribution in [-0.4, -0.2) is 40.3 Å². The molecule has 0 aliphatic rings.